The van der Waals surface area contributed by atoms with Gasteiger partial charge in [-0.3, -0.25) is 20.4 Å². The molecule has 0 radical (unpaired) electrons. The van der Waals surface area contributed by atoms with E-state index in [-0.39, 0.29) is 13.2 Å². The van der Waals surface area contributed by atoms with E-state index in [2.05, 4.69) is 40.6 Å². The van der Waals surface area contributed by atoms with Gasteiger partial charge in [-0.15, -0.1) is 0 Å². The number of amides is 2. The van der Waals surface area contributed by atoms with E-state index in [1.165, 1.54) is 5.56 Å². The van der Waals surface area contributed by atoms with Crippen molar-refractivity contribution < 1.29 is 28.6 Å². The number of carbonyl (C=O) groups is 3. The summed E-state index contributed by atoms with van der Waals surface area (Å²) in [5, 5.41) is 0. The molecule has 2 rings (SSSR count). The van der Waals surface area contributed by atoms with Crippen molar-refractivity contribution in [3.8, 4) is 11.5 Å². The molecule has 1 unspecified atom stereocenters. The molecule has 2 aromatic carbocycles. The number of halogens is 1. The fourth-order valence-corrected chi connectivity index (χ4v) is 3.16. The van der Waals surface area contributed by atoms with Crippen molar-refractivity contribution in [1.29, 1.82) is 0 Å². The summed E-state index contributed by atoms with van der Waals surface area (Å²) < 4.78 is 16.7. The summed E-state index contributed by atoms with van der Waals surface area (Å²) in [7, 11) is 0. The number of benzene rings is 2. The van der Waals surface area contributed by atoms with Gasteiger partial charge in [0.05, 0.1) is 16.6 Å². The van der Waals surface area contributed by atoms with Crippen LogP contribution in [-0.4, -0.2) is 37.6 Å². The smallest absolute Gasteiger partial charge is 0.338 e. The summed E-state index contributed by atoms with van der Waals surface area (Å²) >= 11 is 3.45. The molecule has 33 heavy (non-hydrogen) atoms. The molecule has 0 fully saturated rings. The number of nitrogens with one attached hydrogen (secondary N) is 2. The standard InChI is InChI=1S/C24H29BrN2O6/c1-4-12-31-24(30)17-6-9-19(10-7-17)32-14-22(28)26-27-23(29)15-33-21-11-8-18(13-20(21)25)16(3)5-2/h6-11,13,16H,4-5,12,14-15H2,1-3H3,(H,26,28)(H,27,29). The SMILES string of the molecule is CCCOC(=O)c1ccc(OCC(=O)NNC(=O)COc2ccc(C(C)CC)cc2Br)cc1. The number of carbonyl (C=O) groups excluding carboxylic acids is 3. The maximum atomic E-state index is 12.0. The number of hydrazine groups is 1. The molecule has 0 heterocycles. The Kier molecular flexibility index (Phi) is 10.7. The Hall–Kier alpha value is -3.07. The van der Waals surface area contributed by atoms with Gasteiger partial charge in [-0.05, 0) is 76.7 Å². The lowest BCUT2D eigenvalue weighted by Gasteiger charge is -2.13. The van der Waals surface area contributed by atoms with Gasteiger partial charge in [-0.1, -0.05) is 26.8 Å². The molecular weight excluding hydrogens is 492 g/mol. The lowest BCUT2D eigenvalue weighted by Crippen LogP contribution is -2.45. The Balaban J connectivity index is 1.71. The molecule has 178 valence electrons. The molecule has 9 heteroatoms. The van der Waals surface area contributed by atoms with Crippen LogP contribution in [0, 0.1) is 0 Å². The topological polar surface area (TPSA) is 103 Å². The first-order valence-electron chi connectivity index (χ1n) is 10.7. The molecule has 0 aliphatic heterocycles. The Morgan fingerprint density at radius 1 is 0.939 bits per heavy atom. The number of hydrogen-bond donors (Lipinski definition) is 2. The van der Waals surface area contributed by atoms with Crippen molar-refractivity contribution in [2.24, 2.45) is 0 Å². The third-order valence-electron chi connectivity index (χ3n) is 4.73. The highest BCUT2D eigenvalue weighted by atomic mass is 79.9. The zero-order valence-electron chi connectivity index (χ0n) is 19.0. The highest BCUT2D eigenvalue weighted by molar-refractivity contribution is 9.10. The van der Waals surface area contributed by atoms with E-state index in [0.717, 1.165) is 17.3 Å². The van der Waals surface area contributed by atoms with Crippen molar-refractivity contribution in [2.75, 3.05) is 19.8 Å². The molecule has 0 spiro atoms. The van der Waals surface area contributed by atoms with Crippen molar-refractivity contribution in [2.45, 2.75) is 39.5 Å². The van der Waals surface area contributed by atoms with Crippen LogP contribution in [0.4, 0.5) is 0 Å². The molecule has 0 saturated carbocycles. The fourth-order valence-electron chi connectivity index (χ4n) is 2.65. The highest BCUT2D eigenvalue weighted by Gasteiger charge is 2.11. The minimum absolute atomic E-state index is 0.266. The maximum Gasteiger partial charge on any atom is 0.338 e. The first-order valence-corrected chi connectivity index (χ1v) is 11.5. The number of rotatable bonds is 11. The van der Waals surface area contributed by atoms with Gasteiger partial charge in [0.15, 0.2) is 13.2 Å². The predicted octanol–water partition coefficient (Wildman–Crippen LogP) is 4.13. The van der Waals surface area contributed by atoms with Gasteiger partial charge in [0, 0.05) is 0 Å². The Morgan fingerprint density at radius 2 is 1.58 bits per heavy atom. The molecule has 1 atom stereocenters. The minimum atomic E-state index is -0.547. The van der Waals surface area contributed by atoms with Crippen LogP contribution in [0.1, 0.15) is 55.5 Å². The van der Waals surface area contributed by atoms with E-state index in [0.29, 0.717) is 29.6 Å². The molecule has 0 saturated heterocycles. The molecule has 8 nitrogen and oxygen atoms in total. The summed E-state index contributed by atoms with van der Waals surface area (Å²) in [6.45, 7) is 5.95. The van der Waals surface area contributed by atoms with Crippen LogP contribution in [0.25, 0.3) is 0 Å². The first-order chi connectivity index (χ1) is 15.8. The van der Waals surface area contributed by atoms with Crippen LogP contribution >= 0.6 is 15.9 Å². The molecule has 2 amide bonds. The monoisotopic (exact) mass is 520 g/mol. The molecular formula is C24H29BrN2O6. The number of ether oxygens (including phenoxy) is 3. The second kappa shape index (κ2) is 13.5. The summed E-state index contributed by atoms with van der Waals surface area (Å²) in [6.07, 6.45) is 1.77. The average Bonchev–Trinajstić information content (AvgIpc) is 2.83. The van der Waals surface area contributed by atoms with Crippen LogP contribution in [-0.2, 0) is 14.3 Å². The summed E-state index contributed by atoms with van der Waals surface area (Å²) in [5.74, 6) is -0.114. The second-order valence-corrected chi connectivity index (χ2v) is 8.19. The third kappa shape index (κ3) is 8.76. The molecule has 2 aromatic rings. The maximum absolute atomic E-state index is 12.0. The van der Waals surface area contributed by atoms with Gasteiger partial charge in [-0.2, -0.15) is 0 Å². The summed E-state index contributed by atoms with van der Waals surface area (Å²) in [6, 6.07) is 12.0. The largest absolute Gasteiger partial charge is 0.484 e. The first kappa shape index (κ1) is 26.2. The molecule has 2 N–H and O–H groups in total. The van der Waals surface area contributed by atoms with Crippen molar-refractivity contribution in [3.63, 3.8) is 0 Å². The van der Waals surface area contributed by atoms with Crippen LogP contribution < -0.4 is 20.3 Å². The van der Waals surface area contributed by atoms with Crippen LogP contribution in [0.5, 0.6) is 11.5 Å². The van der Waals surface area contributed by atoms with Gasteiger partial charge in [0.25, 0.3) is 11.8 Å². The normalized spacial score (nSPS) is 11.3. The summed E-state index contributed by atoms with van der Waals surface area (Å²) in [5.41, 5.74) is 6.11. The van der Waals surface area contributed by atoms with E-state index in [9.17, 15) is 14.4 Å². The van der Waals surface area contributed by atoms with E-state index >= 15 is 0 Å². The number of esters is 1. The Morgan fingerprint density at radius 3 is 2.15 bits per heavy atom. The Bertz CT molecular complexity index is 948. The number of hydrogen-bond acceptors (Lipinski definition) is 6. The van der Waals surface area contributed by atoms with Gasteiger partial charge < -0.3 is 14.2 Å². The minimum Gasteiger partial charge on any atom is -0.484 e. The van der Waals surface area contributed by atoms with Crippen molar-refractivity contribution in [1.82, 2.24) is 10.9 Å². The van der Waals surface area contributed by atoms with E-state index in [1.807, 2.05) is 19.1 Å². The van der Waals surface area contributed by atoms with Gasteiger partial charge in [-0.25, -0.2) is 4.79 Å². The lowest BCUT2D eigenvalue weighted by molar-refractivity contribution is -0.131. The van der Waals surface area contributed by atoms with Gasteiger partial charge in [0.1, 0.15) is 11.5 Å². The average molecular weight is 521 g/mol. The molecule has 0 aromatic heterocycles. The Labute approximate surface area is 202 Å². The van der Waals surface area contributed by atoms with E-state index in [1.54, 1.807) is 30.3 Å². The van der Waals surface area contributed by atoms with Crippen LogP contribution in [0.2, 0.25) is 0 Å². The van der Waals surface area contributed by atoms with Crippen LogP contribution in [0.15, 0.2) is 46.9 Å². The molecule has 0 aliphatic carbocycles. The zero-order valence-corrected chi connectivity index (χ0v) is 20.6. The lowest BCUT2D eigenvalue weighted by atomic mass is 9.99. The fraction of sp³-hybridized carbons (Fsp3) is 0.375. The zero-order chi connectivity index (χ0) is 24.2. The van der Waals surface area contributed by atoms with Gasteiger partial charge >= 0.3 is 5.97 Å². The predicted molar refractivity (Wildman–Crippen MR) is 127 cm³/mol. The highest BCUT2D eigenvalue weighted by Crippen LogP contribution is 2.30. The van der Waals surface area contributed by atoms with E-state index < -0.39 is 17.8 Å². The quantitative estimate of drug-likeness (QED) is 0.341. The summed E-state index contributed by atoms with van der Waals surface area (Å²) in [4.78, 5) is 35.6. The van der Waals surface area contributed by atoms with E-state index in [4.69, 9.17) is 14.2 Å². The second-order valence-electron chi connectivity index (χ2n) is 7.33. The van der Waals surface area contributed by atoms with Gasteiger partial charge in [0.2, 0.25) is 0 Å². The molecule has 0 bridgehead atoms. The third-order valence-corrected chi connectivity index (χ3v) is 5.35. The molecule has 0 aliphatic rings. The van der Waals surface area contributed by atoms with Crippen molar-refractivity contribution in [3.05, 3.63) is 58.1 Å². The van der Waals surface area contributed by atoms with Crippen molar-refractivity contribution >= 4 is 33.7 Å². The van der Waals surface area contributed by atoms with Crippen LogP contribution in [0.3, 0.4) is 0 Å².